The third-order valence-electron chi connectivity index (χ3n) is 6.01. The monoisotopic (exact) mass is 535 g/mol. The number of nitrogens with one attached hydrogen (secondary N) is 2. The van der Waals surface area contributed by atoms with Gasteiger partial charge in [-0.05, 0) is 29.3 Å². The van der Waals surface area contributed by atoms with Crippen molar-refractivity contribution in [2.75, 3.05) is 25.6 Å². The summed E-state index contributed by atoms with van der Waals surface area (Å²) < 4.78 is 10.3. The number of nitrogens with zero attached hydrogens (tertiary/aromatic N) is 1. The van der Waals surface area contributed by atoms with Gasteiger partial charge in [-0.3, -0.25) is 29.6 Å². The van der Waals surface area contributed by atoms with Crippen LogP contribution in [0.3, 0.4) is 0 Å². The number of ether oxygens (including phenoxy) is 2. The van der Waals surface area contributed by atoms with Crippen molar-refractivity contribution in [1.82, 2.24) is 10.4 Å². The van der Waals surface area contributed by atoms with E-state index in [0.29, 0.717) is 16.5 Å². The molecule has 1 saturated heterocycles. The van der Waals surface area contributed by atoms with Gasteiger partial charge in [0.2, 0.25) is 5.91 Å². The number of amides is 3. The van der Waals surface area contributed by atoms with Crippen molar-refractivity contribution in [2.24, 2.45) is 5.92 Å². The van der Waals surface area contributed by atoms with Crippen LogP contribution in [-0.4, -0.2) is 49.0 Å². The Morgan fingerprint density at radius 3 is 2.24 bits per heavy atom. The molecular weight excluding hydrogens is 510 g/mol. The molecular formula is C28H26ClN3O6. The molecule has 0 saturated carbocycles. The highest BCUT2D eigenvalue weighted by Gasteiger charge is 2.38. The van der Waals surface area contributed by atoms with Gasteiger partial charge in [0.05, 0.1) is 31.2 Å². The van der Waals surface area contributed by atoms with Crippen LogP contribution >= 0.6 is 11.6 Å². The minimum absolute atomic E-state index is 0.0660. The number of hydrogen-bond donors (Lipinski definition) is 2. The molecule has 3 amide bonds. The molecule has 0 radical (unpaired) electrons. The molecule has 1 heterocycles. The minimum atomic E-state index is -0.830. The van der Waals surface area contributed by atoms with Crippen molar-refractivity contribution >= 4 is 41.0 Å². The van der Waals surface area contributed by atoms with Gasteiger partial charge in [0.15, 0.2) is 6.61 Å². The third-order valence-corrected chi connectivity index (χ3v) is 6.25. The molecule has 2 N–H and O–H groups in total. The first-order valence-electron chi connectivity index (χ1n) is 11.9. The molecule has 3 aromatic carbocycles. The lowest BCUT2D eigenvalue weighted by molar-refractivity contribution is -0.151. The lowest BCUT2D eigenvalue weighted by Gasteiger charge is -2.23. The molecule has 0 bridgehead atoms. The van der Waals surface area contributed by atoms with Crippen LogP contribution in [0.25, 0.3) is 0 Å². The first-order valence-corrected chi connectivity index (χ1v) is 12.2. The van der Waals surface area contributed by atoms with Crippen molar-refractivity contribution in [2.45, 2.75) is 12.3 Å². The summed E-state index contributed by atoms with van der Waals surface area (Å²) in [6, 6.07) is 23.1. The Kier molecular flexibility index (Phi) is 8.60. The highest BCUT2D eigenvalue weighted by atomic mass is 35.5. The SMILES string of the molecule is COc1ccc(Cl)cc1NC(=O)COC(=O)[C@H]1CC(=O)N(NC(=O)C(c2ccccc2)c2ccccc2)C1. The number of rotatable bonds is 9. The summed E-state index contributed by atoms with van der Waals surface area (Å²) in [7, 11) is 1.45. The summed E-state index contributed by atoms with van der Waals surface area (Å²) in [6.07, 6.45) is -0.149. The molecule has 9 nitrogen and oxygen atoms in total. The number of anilines is 1. The quantitative estimate of drug-likeness (QED) is 0.405. The van der Waals surface area contributed by atoms with Gasteiger partial charge >= 0.3 is 5.97 Å². The largest absolute Gasteiger partial charge is 0.495 e. The van der Waals surface area contributed by atoms with Crippen LogP contribution < -0.4 is 15.5 Å². The Hall–Kier alpha value is -4.37. The van der Waals surface area contributed by atoms with Crippen LogP contribution in [0.2, 0.25) is 5.02 Å². The Balaban J connectivity index is 1.35. The van der Waals surface area contributed by atoms with Gasteiger partial charge in [0, 0.05) is 11.4 Å². The first kappa shape index (κ1) is 26.7. The van der Waals surface area contributed by atoms with E-state index in [1.807, 2.05) is 60.7 Å². The number of hydrazine groups is 1. The zero-order valence-electron chi connectivity index (χ0n) is 20.6. The molecule has 38 heavy (non-hydrogen) atoms. The maximum Gasteiger partial charge on any atom is 0.311 e. The third kappa shape index (κ3) is 6.49. The summed E-state index contributed by atoms with van der Waals surface area (Å²) in [5.41, 5.74) is 4.52. The van der Waals surface area contributed by atoms with Crippen LogP contribution in [0, 0.1) is 5.92 Å². The van der Waals surface area contributed by atoms with Crippen molar-refractivity contribution < 1.29 is 28.7 Å². The first-order chi connectivity index (χ1) is 18.4. The molecule has 1 aliphatic rings. The molecule has 1 aliphatic heterocycles. The van der Waals surface area contributed by atoms with Gasteiger partial charge in [0.1, 0.15) is 5.75 Å². The highest BCUT2D eigenvalue weighted by molar-refractivity contribution is 6.31. The second kappa shape index (κ2) is 12.2. The minimum Gasteiger partial charge on any atom is -0.495 e. The molecule has 3 aromatic rings. The van der Waals surface area contributed by atoms with Crippen LogP contribution in [-0.2, 0) is 23.9 Å². The summed E-state index contributed by atoms with van der Waals surface area (Å²) in [5, 5.41) is 4.10. The van der Waals surface area contributed by atoms with E-state index in [9.17, 15) is 19.2 Å². The second-order valence-electron chi connectivity index (χ2n) is 8.64. The lowest BCUT2D eigenvalue weighted by Crippen LogP contribution is -2.45. The van der Waals surface area contributed by atoms with Crippen LogP contribution in [0.1, 0.15) is 23.5 Å². The predicted molar refractivity (Wildman–Crippen MR) is 140 cm³/mol. The van der Waals surface area contributed by atoms with Gasteiger partial charge in [-0.15, -0.1) is 0 Å². The van der Waals surface area contributed by atoms with Gasteiger partial charge in [-0.25, -0.2) is 0 Å². The van der Waals surface area contributed by atoms with Crippen molar-refractivity contribution in [3.63, 3.8) is 0 Å². The van der Waals surface area contributed by atoms with Gasteiger partial charge in [-0.1, -0.05) is 72.3 Å². The molecule has 1 fully saturated rings. The van der Waals surface area contributed by atoms with E-state index in [2.05, 4.69) is 10.7 Å². The highest BCUT2D eigenvalue weighted by Crippen LogP contribution is 2.28. The smallest absolute Gasteiger partial charge is 0.311 e. The van der Waals surface area contributed by atoms with E-state index in [0.717, 1.165) is 16.1 Å². The van der Waals surface area contributed by atoms with E-state index < -0.39 is 42.1 Å². The Bertz CT molecular complexity index is 1280. The Morgan fingerprint density at radius 1 is 1.00 bits per heavy atom. The van der Waals surface area contributed by atoms with Crippen molar-refractivity contribution in [3.8, 4) is 5.75 Å². The zero-order chi connectivity index (χ0) is 27.1. The van der Waals surface area contributed by atoms with Crippen LogP contribution in [0.4, 0.5) is 5.69 Å². The fourth-order valence-corrected chi connectivity index (χ4v) is 4.35. The van der Waals surface area contributed by atoms with Crippen LogP contribution in [0.5, 0.6) is 5.75 Å². The topological polar surface area (TPSA) is 114 Å². The summed E-state index contributed by atoms with van der Waals surface area (Å²) in [4.78, 5) is 50.8. The molecule has 10 heteroatoms. The molecule has 1 atom stereocenters. The summed E-state index contributed by atoms with van der Waals surface area (Å²) in [6.45, 7) is -0.626. The normalized spacial score (nSPS) is 14.8. The Labute approximate surface area is 224 Å². The number of halogens is 1. The maximum atomic E-state index is 13.3. The molecule has 196 valence electrons. The standard InChI is InChI=1S/C28H26ClN3O6/c1-37-23-13-12-21(29)15-22(23)30-24(33)17-38-28(36)20-14-25(34)32(16-20)31-27(35)26(18-8-4-2-5-9-18)19-10-6-3-7-11-19/h2-13,15,20,26H,14,16-17H2,1H3,(H,30,33)(H,31,35)/t20-/m0/s1. The van der Waals surface area contributed by atoms with Crippen molar-refractivity contribution in [3.05, 3.63) is 95.0 Å². The number of methoxy groups -OCH3 is 1. The fraction of sp³-hybridized carbons (Fsp3) is 0.214. The predicted octanol–water partition coefficient (Wildman–Crippen LogP) is 3.54. The molecule has 4 rings (SSSR count). The molecule has 0 spiro atoms. The average molecular weight is 536 g/mol. The van der Waals surface area contributed by atoms with Gasteiger partial charge in [0.25, 0.3) is 11.8 Å². The number of carbonyl (C=O) groups is 4. The molecule has 0 unspecified atom stereocenters. The number of carbonyl (C=O) groups excluding carboxylic acids is 4. The Morgan fingerprint density at radius 2 is 1.63 bits per heavy atom. The number of hydrogen-bond acceptors (Lipinski definition) is 6. The van der Waals surface area contributed by atoms with E-state index in [4.69, 9.17) is 21.1 Å². The maximum absolute atomic E-state index is 13.3. The van der Waals surface area contributed by atoms with Gasteiger partial charge in [-0.2, -0.15) is 0 Å². The van der Waals surface area contributed by atoms with E-state index in [1.54, 1.807) is 12.1 Å². The van der Waals surface area contributed by atoms with E-state index >= 15 is 0 Å². The van der Waals surface area contributed by atoms with E-state index in [-0.39, 0.29) is 13.0 Å². The summed E-state index contributed by atoms with van der Waals surface area (Å²) >= 11 is 5.96. The van der Waals surface area contributed by atoms with Crippen LogP contribution in [0.15, 0.2) is 78.9 Å². The molecule has 0 aliphatic carbocycles. The second-order valence-corrected chi connectivity index (χ2v) is 9.07. The average Bonchev–Trinajstić information content (AvgIpc) is 3.28. The zero-order valence-corrected chi connectivity index (χ0v) is 21.3. The fourth-order valence-electron chi connectivity index (χ4n) is 4.18. The lowest BCUT2D eigenvalue weighted by atomic mass is 9.91. The number of esters is 1. The molecule has 0 aromatic heterocycles. The van der Waals surface area contributed by atoms with Gasteiger partial charge < -0.3 is 14.8 Å². The number of benzene rings is 3. The summed E-state index contributed by atoms with van der Waals surface area (Å²) in [5.74, 6) is -3.22. The van der Waals surface area contributed by atoms with Crippen molar-refractivity contribution in [1.29, 1.82) is 0 Å². The van der Waals surface area contributed by atoms with E-state index in [1.165, 1.54) is 13.2 Å².